The zero-order chi connectivity index (χ0) is 33.3. The predicted molar refractivity (Wildman–Crippen MR) is 182 cm³/mol. The third kappa shape index (κ3) is 9.11. The number of aryl methyl sites for hydroxylation is 1. The van der Waals surface area contributed by atoms with Gasteiger partial charge in [-0.2, -0.15) is 0 Å². The highest BCUT2D eigenvalue weighted by Crippen LogP contribution is 2.27. The van der Waals surface area contributed by atoms with Crippen molar-refractivity contribution in [1.29, 1.82) is 0 Å². The van der Waals surface area contributed by atoms with E-state index in [1.807, 2.05) is 63.2 Å². The molecule has 0 saturated carbocycles. The van der Waals surface area contributed by atoms with Crippen LogP contribution >= 0.6 is 11.6 Å². The summed E-state index contributed by atoms with van der Waals surface area (Å²) in [5, 5.41) is 3.42. The summed E-state index contributed by atoms with van der Waals surface area (Å²) in [5.74, 6) is -0.0928. The van der Waals surface area contributed by atoms with Crippen molar-refractivity contribution in [2.45, 2.75) is 44.7 Å². The fourth-order valence-electron chi connectivity index (χ4n) is 4.92. The van der Waals surface area contributed by atoms with Gasteiger partial charge in [-0.1, -0.05) is 85.6 Å². The van der Waals surface area contributed by atoms with Gasteiger partial charge in [0.25, 0.3) is 10.0 Å². The van der Waals surface area contributed by atoms with Gasteiger partial charge in [-0.3, -0.25) is 13.9 Å². The first-order chi connectivity index (χ1) is 22.0. The van der Waals surface area contributed by atoms with E-state index in [-0.39, 0.29) is 35.4 Å². The number of hydrogen-bond donors (Lipinski definition) is 1. The van der Waals surface area contributed by atoms with E-state index in [1.54, 1.807) is 55.6 Å². The number of carbonyl (C=O) groups is 2. The Bertz CT molecular complexity index is 1710. The van der Waals surface area contributed by atoms with Gasteiger partial charge < -0.3 is 15.0 Å². The number of hydrogen-bond acceptors (Lipinski definition) is 5. The van der Waals surface area contributed by atoms with E-state index in [4.69, 9.17) is 16.3 Å². The normalized spacial score (nSPS) is 12.0. The molecule has 0 saturated heterocycles. The SMILES string of the molecule is COc1cccc(CN(C(=O)CN(c2ccc(Cl)cc2)S(=O)(=O)c2ccc(C)cc2)C(Cc2ccccc2)C(=O)NCC(C)C)c1. The fraction of sp³-hybridized carbons (Fsp3) is 0.278. The van der Waals surface area contributed by atoms with Crippen molar-refractivity contribution in [2.24, 2.45) is 5.92 Å². The Morgan fingerprint density at radius 3 is 2.15 bits per heavy atom. The highest BCUT2D eigenvalue weighted by Gasteiger charge is 2.34. The Hall–Kier alpha value is -4.34. The topological polar surface area (TPSA) is 96.0 Å². The molecule has 0 aliphatic rings. The number of carbonyl (C=O) groups excluding carboxylic acids is 2. The Kier molecular flexibility index (Phi) is 11.8. The third-order valence-corrected chi connectivity index (χ3v) is 9.49. The molecule has 4 aromatic carbocycles. The number of benzene rings is 4. The molecule has 0 radical (unpaired) electrons. The summed E-state index contributed by atoms with van der Waals surface area (Å²) in [4.78, 5) is 29.9. The van der Waals surface area contributed by atoms with Crippen molar-refractivity contribution in [3.8, 4) is 5.75 Å². The molecule has 0 aromatic heterocycles. The lowest BCUT2D eigenvalue weighted by Crippen LogP contribution is -2.53. The van der Waals surface area contributed by atoms with Crippen molar-refractivity contribution in [2.75, 3.05) is 24.5 Å². The smallest absolute Gasteiger partial charge is 0.264 e. The molecule has 1 unspecified atom stereocenters. The Balaban J connectivity index is 1.80. The minimum atomic E-state index is -4.20. The lowest BCUT2D eigenvalue weighted by atomic mass is 10.0. The van der Waals surface area contributed by atoms with Crippen LogP contribution < -0.4 is 14.4 Å². The molecule has 10 heteroatoms. The molecular weight excluding hydrogens is 622 g/mol. The number of amides is 2. The summed E-state index contributed by atoms with van der Waals surface area (Å²) < 4.78 is 34.7. The van der Waals surface area contributed by atoms with Crippen molar-refractivity contribution >= 4 is 39.1 Å². The quantitative estimate of drug-likeness (QED) is 0.172. The first kappa shape index (κ1) is 34.5. The molecule has 0 aliphatic heterocycles. The van der Waals surface area contributed by atoms with E-state index >= 15 is 0 Å². The van der Waals surface area contributed by atoms with Crippen molar-refractivity contribution in [3.63, 3.8) is 0 Å². The van der Waals surface area contributed by atoms with Gasteiger partial charge in [-0.05, 0) is 72.5 Å². The number of nitrogens with zero attached hydrogens (tertiary/aromatic N) is 2. The van der Waals surface area contributed by atoms with E-state index in [0.717, 1.165) is 21.0 Å². The minimum Gasteiger partial charge on any atom is -0.497 e. The second-order valence-corrected chi connectivity index (χ2v) is 13.8. The number of rotatable bonds is 14. The van der Waals surface area contributed by atoms with Crippen LogP contribution in [0.1, 0.15) is 30.5 Å². The van der Waals surface area contributed by atoms with Gasteiger partial charge in [0.05, 0.1) is 17.7 Å². The van der Waals surface area contributed by atoms with E-state index in [2.05, 4.69) is 5.32 Å². The molecular formula is C36H40ClN3O5S. The second-order valence-electron chi connectivity index (χ2n) is 11.5. The number of ether oxygens (including phenoxy) is 1. The first-order valence-corrected chi connectivity index (χ1v) is 16.9. The van der Waals surface area contributed by atoms with Crippen LogP contribution in [0.4, 0.5) is 5.69 Å². The number of sulfonamides is 1. The number of halogens is 1. The van der Waals surface area contributed by atoms with E-state index in [0.29, 0.717) is 17.3 Å². The number of anilines is 1. The van der Waals surface area contributed by atoms with Crippen molar-refractivity contribution in [1.82, 2.24) is 10.2 Å². The number of methoxy groups -OCH3 is 1. The molecule has 0 heterocycles. The molecule has 242 valence electrons. The van der Waals surface area contributed by atoms with Crippen LogP contribution in [0.3, 0.4) is 0 Å². The monoisotopic (exact) mass is 661 g/mol. The fourth-order valence-corrected chi connectivity index (χ4v) is 6.46. The maximum Gasteiger partial charge on any atom is 0.264 e. The molecule has 0 fully saturated rings. The number of nitrogens with one attached hydrogen (secondary N) is 1. The van der Waals surface area contributed by atoms with Crippen LogP contribution in [0.2, 0.25) is 5.02 Å². The summed E-state index contributed by atoms with van der Waals surface area (Å²) in [6.45, 7) is 5.76. The van der Waals surface area contributed by atoms with Crippen molar-refractivity contribution < 1.29 is 22.7 Å². The average molecular weight is 662 g/mol. The Labute approximate surface area is 277 Å². The molecule has 46 heavy (non-hydrogen) atoms. The molecule has 8 nitrogen and oxygen atoms in total. The van der Waals surface area contributed by atoms with Gasteiger partial charge in [0.1, 0.15) is 18.3 Å². The summed E-state index contributed by atoms with van der Waals surface area (Å²) in [7, 11) is -2.64. The van der Waals surface area contributed by atoms with Gasteiger partial charge in [0.2, 0.25) is 11.8 Å². The highest BCUT2D eigenvalue weighted by atomic mass is 35.5. The lowest BCUT2D eigenvalue weighted by Gasteiger charge is -2.34. The van der Waals surface area contributed by atoms with Crippen LogP contribution in [0.5, 0.6) is 5.75 Å². The minimum absolute atomic E-state index is 0.0377. The summed E-state index contributed by atoms with van der Waals surface area (Å²) in [5.41, 5.74) is 2.75. The third-order valence-electron chi connectivity index (χ3n) is 7.45. The standard InChI is InChI=1S/C36H40ClN3O5S/c1-26(2)23-38-36(42)34(22-28-9-6-5-7-10-28)39(24-29-11-8-12-32(21-29)45-4)35(41)25-40(31-17-15-30(37)16-18-31)46(43,44)33-19-13-27(3)14-20-33/h5-21,26,34H,22-25H2,1-4H3,(H,38,42). The van der Waals surface area contributed by atoms with E-state index in [9.17, 15) is 18.0 Å². The van der Waals surface area contributed by atoms with Gasteiger partial charge in [-0.25, -0.2) is 8.42 Å². The van der Waals surface area contributed by atoms with Gasteiger partial charge in [0.15, 0.2) is 0 Å². The lowest BCUT2D eigenvalue weighted by molar-refractivity contribution is -0.140. The van der Waals surface area contributed by atoms with Gasteiger partial charge >= 0.3 is 0 Å². The van der Waals surface area contributed by atoms with Crippen LogP contribution in [0.15, 0.2) is 108 Å². The van der Waals surface area contributed by atoms with E-state index in [1.165, 1.54) is 17.0 Å². The van der Waals surface area contributed by atoms with Crippen LogP contribution in [0, 0.1) is 12.8 Å². The Morgan fingerprint density at radius 2 is 1.52 bits per heavy atom. The van der Waals surface area contributed by atoms with Gasteiger partial charge in [-0.15, -0.1) is 0 Å². The zero-order valence-electron chi connectivity index (χ0n) is 26.5. The average Bonchev–Trinajstić information content (AvgIpc) is 3.05. The van der Waals surface area contributed by atoms with Crippen LogP contribution in [-0.4, -0.2) is 51.4 Å². The second kappa shape index (κ2) is 15.8. The van der Waals surface area contributed by atoms with E-state index < -0.39 is 28.5 Å². The van der Waals surface area contributed by atoms with Crippen LogP contribution in [0.25, 0.3) is 0 Å². The molecule has 2 amide bonds. The summed E-state index contributed by atoms with van der Waals surface area (Å²) in [6, 6.07) is 28.5. The molecule has 0 spiro atoms. The zero-order valence-corrected chi connectivity index (χ0v) is 28.1. The molecule has 0 aliphatic carbocycles. The van der Waals surface area contributed by atoms with Gasteiger partial charge in [0, 0.05) is 24.5 Å². The predicted octanol–water partition coefficient (Wildman–Crippen LogP) is 6.26. The molecule has 1 atom stereocenters. The van der Waals surface area contributed by atoms with Crippen LogP contribution in [-0.2, 0) is 32.6 Å². The first-order valence-electron chi connectivity index (χ1n) is 15.1. The molecule has 4 aromatic rings. The summed E-state index contributed by atoms with van der Waals surface area (Å²) in [6.07, 6.45) is 0.228. The summed E-state index contributed by atoms with van der Waals surface area (Å²) >= 11 is 6.14. The largest absolute Gasteiger partial charge is 0.497 e. The highest BCUT2D eigenvalue weighted by molar-refractivity contribution is 7.92. The Morgan fingerprint density at radius 1 is 0.870 bits per heavy atom. The molecule has 4 rings (SSSR count). The molecule has 1 N–H and O–H groups in total. The maximum absolute atomic E-state index is 14.5. The maximum atomic E-state index is 14.5. The molecule has 0 bridgehead atoms. The van der Waals surface area contributed by atoms with Crippen molar-refractivity contribution in [3.05, 3.63) is 125 Å².